The molecule has 26 heavy (non-hydrogen) atoms. The Kier molecular flexibility index (Phi) is 4.71. The molecule has 0 saturated heterocycles. The first-order chi connectivity index (χ1) is 12.4. The average Bonchev–Trinajstić information content (AvgIpc) is 2.95. The van der Waals surface area contributed by atoms with Crippen molar-refractivity contribution < 1.29 is 9.72 Å². The average molecular weight is 348 g/mol. The number of ketones is 1. The van der Waals surface area contributed by atoms with Gasteiger partial charge in [-0.3, -0.25) is 14.9 Å². The third-order valence-electron chi connectivity index (χ3n) is 4.62. The van der Waals surface area contributed by atoms with Crippen LogP contribution in [0, 0.1) is 24.0 Å². The molecule has 132 valence electrons. The fourth-order valence-electron chi connectivity index (χ4n) is 3.11. The van der Waals surface area contributed by atoms with Crippen molar-refractivity contribution in [1.29, 1.82) is 0 Å². The highest BCUT2D eigenvalue weighted by Crippen LogP contribution is 2.20. The highest BCUT2D eigenvalue weighted by atomic mass is 16.6. The quantitative estimate of drug-likeness (QED) is 0.391. The number of carbonyl (C=O) groups excluding carboxylic acids is 1. The highest BCUT2D eigenvalue weighted by molar-refractivity contribution is 6.09. The number of rotatable bonds is 5. The molecule has 0 bridgehead atoms. The summed E-state index contributed by atoms with van der Waals surface area (Å²) in [4.78, 5) is 23.2. The van der Waals surface area contributed by atoms with Crippen molar-refractivity contribution in [3.63, 3.8) is 0 Å². The van der Waals surface area contributed by atoms with Crippen LogP contribution in [0.3, 0.4) is 0 Å². The largest absolute Gasteiger partial charge is 0.345 e. The molecule has 3 aromatic rings. The lowest BCUT2D eigenvalue weighted by molar-refractivity contribution is -0.384. The van der Waals surface area contributed by atoms with E-state index in [4.69, 9.17) is 0 Å². The molecule has 5 heteroatoms. The Labute approximate surface area is 152 Å². The van der Waals surface area contributed by atoms with Crippen LogP contribution in [0.2, 0.25) is 0 Å². The third kappa shape index (κ3) is 3.42. The Hall–Kier alpha value is -3.21. The van der Waals surface area contributed by atoms with Gasteiger partial charge in [-0.15, -0.1) is 0 Å². The summed E-state index contributed by atoms with van der Waals surface area (Å²) in [6, 6.07) is 16.1. The van der Waals surface area contributed by atoms with Crippen LogP contribution in [-0.4, -0.2) is 15.3 Å². The number of aromatic nitrogens is 1. The zero-order valence-corrected chi connectivity index (χ0v) is 15.0. The van der Waals surface area contributed by atoms with E-state index in [1.165, 1.54) is 12.1 Å². The standard InChI is InChI=1S/C21H20N2O3/c1-14-4-10-19(15(2)12-14)21(24)20-11-9-18(22(20)3)13-16-5-7-17(8-6-16)23(25)26/h4-12H,13H2,1-3H3. The van der Waals surface area contributed by atoms with Crippen LogP contribution in [0.1, 0.15) is 38.4 Å². The Bertz CT molecular complexity index is 985. The van der Waals surface area contributed by atoms with Gasteiger partial charge in [0.25, 0.3) is 5.69 Å². The number of aryl methyl sites for hydroxylation is 2. The number of non-ortho nitro benzene ring substituents is 1. The number of nitro groups is 1. The van der Waals surface area contributed by atoms with Crippen molar-refractivity contribution in [3.8, 4) is 0 Å². The van der Waals surface area contributed by atoms with Gasteiger partial charge >= 0.3 is 0 Å². The molecule has 0 fully saturated rings. The van der Waals surface area contributed by atoms with Crippen LogP contribution in [0.15, 0.2) is 54.6 Å². The summed E-state index contributed by atoms with van der Waals surface area (Å²) >= 11 is 0. The summed E-state index contributed by atoms with van der Waals surface area (Å²) in [5.41, 5.74) is 5.45. The van der Waals surface area contributed by atoms with Crippen LogP contribution in [0.25, 0.3) is 0 Å². The molecule has 0 aliphatic rings. The second-order valence-electron chi connectivity index (χ2n) is 6.52. The molecule has 0 N–H and O–H groups in total. The predicted octanol–water partition coefficient (Wildman–Crippen LogP) is 4.37. The van der Waals surface area contributed by atoms with Crippen molar-refractivity contribution in [2.45, 2.75) is 20.3 Å². The fraction of sp³-hybridized carbons (Fsp3) is 0.190. The van der Waals surface area contributed by atoms with Crippen molar-refractivity contribution in [2.24, 2.45) is 7.05 Å². The molecule has 0 saturated carbocycles. The fourth-order valence-corrected chi connectivity index (χ4v) is 3.11. The first kappa shape index (κ1) is 17.6. The molecule has 0 unspecified atom stereocenters. The van der Waals surface area contributed by atoms with Gasteiger partial charge in [0.15, 0.2) is 0 Å². The van der Waals surface area contributed by atoms with Crippen LogP contribution in [-0.2, 0) is 13.5 Å². The maximum atomic E-state index is 12.9. The van der Waals surface area contributed by atoms with Crippen molar-refractivity contribution in [1.82, 2.24) is 4.57 Å². The lowest BCUT2D eigenvalue weighted by atomic mass is 10.0. The summed E-state index contributed by atoms with van der Waals surface area (Å²) in [5.74, 6) is -0.0000467. The third-order valence-corrected chi connectivity index (χ3v) is 4.62. The van der Waals surface area contributed by atoms with E-state index >= 15 is 0 Å². The number of nitrogens with zero attached hydrogens (tertiary/aromatic N) is 2. The number of nitro benzene ring substituents is 1. The molecule has 5 nitrogen and oxygen atoms in total. The molecule has 1 heterocycles. The predicted molar refractivity (Wildman–Crippen MR) is 101 cm³/mol. The summed E-state index contributed by atoms with van der Waals surface area (Å²) < 4.78 is 1.89. The topological polar surface area (TPSA) is 65.1 Å². The molecule has 0 aliphatic heterocycles. The van der Waals surface area contributed by atoms with Crippen molar-refractivity contribution in [2.75, 3.05) is 0 Å². The van der Waals surface area contributed by atoms with Gasteiger partial charge in [0.1, 0.15) is 0 Å². The summed E-state index contributed by atoms with van der Waals surface area (Å²) in [5, 5.41) is 10.8. The molecule has 1 aromatic heterocycles. The van der Waals surface area contributed by atoms with E-state index in [1.807, 2.05) is 55.8 Å². The lowest BCUT2D eigenvalue weighted by Crippen LogP contribution is -2.11. The molecule has 3 rings (SSSR count). The van der Waals surface area contributed by atoms with Crippen LogP contribution in [0.5, 0.6) is 0 Å². The van der Waals surface area contributed by atoms with Crippen LogP contribution in [0.4, 0.5) is 5.69 Å². The van der Waals surface area contributed by atoms with E-state index in [1.54, 1.807) is 12.1 Å². The highest BCUT2D eigenvalue weighted by Gasteiger charge is 2.17. The first-order valence-electron chi connectivity index (χ1n) is 8.36. The molecular weight excluding hydrogens is 328 g/mol. The molecule has 0 aliphatic carbocycles. The Morgan fingerprint density at radius 2 is 1.73 bits per heavy atom. The molecule has 2 aromatic carbocycles. The van der Waals surface area contributed by atoms with Gasteiger partial charge in [0.2, 0.25) is 5.78 Å². The minimum absolute atomic E-state index is 0.0000467. The van der Waals surface area contributed by atoms with E-state index in [2.05, 4.69) is 0 Å². The lowest BCUT2D eigenvalue weighted by Gasteiger charge is -2.09. The normalized spacial score (nSPS) is 10.7. The SMILES string of the molecule is Cc1ccc(C(=O)c2ccc(Cc3ccc([N+](=O)[O-])cc3)n2C)c(C)c1. The smallest absolute Gasteiger partial charge is 0.269 e. The van der Waals surface area contributed by atoms with E-state index in [9.17, 15) is 14.9 Å². The molecular formula is C21H20N2O3. The Balaban J connectivity index is 1.85. The zero-order chi connectivity index (χ0) is 18.8. The summed E-state index contributed by atoms with van der Waals surface area (Å²) in [7, 11) is 1.87. The van der Waals surface area contributed by atoms with E-state index in [0.717, 1.165) is 22.4 Å². The first-order valence-corrected chi connectivity index (χ1v) is 8.36. The summed E-state index contributed by atoms with van der Waals surface area (Å²) in [6.45, 7) is 3.95. The van der Waals surface area contributed by atoms with Gasteiger partial charge in [0, 0.05) is 36.9 Å². The summed E-state index contributed by atoms with van der Waals surface area (Å²) in [6.07, 6.45) is 0.606. The van der Waals surface area contributed by atoms with Gasteiger partial charge < -0.3 is 4.57 Å². The zero-order valence-electron chi connectivity index (χ0n) is 15.0. The number of benzene rings is 2. The van der Waals surface area contributed by atoms with E-state index in [-0.39, 0.29) is 11.5 Å². The van der Waals surface area contributed by atoms with Gasteiger partial charge in [-0.05, 0) is 37.1 Å². The second-order valence-corrected chi connectivity index (χ2v) is 6.52. The van der Waals surface area contributed by atoms with E-state index < -0.39 is 4.92 Å². The van der Waals surface area contributed by atoms with Crippen LogP contribution >= 0.6 is 0 Å². The number of hydrogen-bond acceptors (Lipinski definition) is 3. The number of carbonyl (C=O) groups is 1. The maximum absolute atomic E-state index is 12.9. The molecule has 0 amide bonds. The van der Waals surface area contributed by atoms with E-state index in [0.29, 0.717) is 17.7 Å². The maximum Gasteiger partial charge on any atom is 0.269 e. The molecule has 0 radical (unpaired) electrons. The van der Waals surface area contributed by atoms with Gasteiger partial charge in [-0.2, -0.15) is 0 Å². The monoisotopic (exact) mass is 348 g/mol. The van der Waals surface area contributed by atoms with Gasteiger partial charge in [-0.25, -0.2) is 0 Å². The van der Waals surface area contributed by atoms with Crippen LogP contribution < -0.4 is 0 Å². The van der Waals surface area contributed by atoms with Crippen molar-refractivity contribution >= 4 is 11.5 Å². The minimum atomic E-state index is -0.410. The molecule has 0 spiro atoms. The Morgan fingerprint density at radius 3 is 2.35 bits per heavy atom. The van der Waals surface area contributed by atoms with Crippen molar-refractivity contribution in [3.05, 3.63) is 98.4 Å². The Morgan fingerprint density at radius 1 is 1.04 bits per heavy atom. The second kappa shape index (κ2) is 6.96. The number of hydrogen-bond donors (Lipinski definition) is 0. The van der Waals surface area contributed by atoms with Gasteiger partial charge in [0.05, 0.1) is 10.6 Å². The van der Waals surface area contributed by atoms with Gasteiger partial charge in [-0.1, -0.05) is 35.9 Å². The molecule has 0 atom stereocenters. The minimum Gasteiger partial charge on any atom is -0.345 e.